The fourth-order valence-electron chi connectivity index (χ4n) is 3.29. The van der Waals surface area contributed by atoms with E-state index in [1.807, 2.05) is 48.5 Å². The molecule has 0 aliphatic carbocycles. The fourth-order valence-corrected chi connectivity index (χ4v) is 3.62. The summed E-state index contributed by atoms with van der Waals surface area (Å²) in [4.78, 5) is 11.9. The molecule has 0 atom stereocenters. The Morgan fingerprint density at radius 3 is 2.44 bits per heavy atom. The molecule has 0 saturated carbocycles. The van der Waals surface area contributed by atoms with E-state index in [0.717, 1.165) is 27.4 Å². The zero-order chi connectivity index (χ0) is 17.6. The summed E-state index contributed by atoms with van der Waals surface area (Å²) in [6, 6.07) is 19.2. The molecule has 1 aromatic heterocycles. The second kappa shape index (κ2) is 6.10. The first kappa shape index (κ1) is 16.0. The van der Waals surface area contributed by atoms with Crippen LogP contribution in [0, 0.1) is 0 Å². The number of nitrogens with zero attached hydrogens (tertiary/aromatic N) is 1. The average Bonchev–Trinajstić information content (AvgIpc) is 2.92. The Balaban J connectivity index is 2.00. The molecule has 1 amide bonds. The van der Waals surface area contributed by atoms with Gasteiger partial charge in [0.1, 0.15) is 0 Å². The lowest BCUT2D eigenvalue weighted by atomic mass is 10.1. The number of benzene rings is 3. The summed E-state index contributed by atoms with van der Waals surface area (Å²) in [6.45, 7) is 0.614. The van der Waals surface area contributed by atoms with E-state index in [1.54, 1.807) is 12.1 Å². The number of fused-ring (bicyclic) bond motifs is 3. The van der Waals surface area contributed by atoms with Gasteiger partial charge in [-0.25, -0.2) is 0 Å². The molecular formula is C20H14Cl2N2O. The van der Waals surface area contributed by atoms with Gasteiger partial charge < -0.3 is 10.3 Å². The molecule has 0 saturated heterocycles. The van der Waals surface area contributed by atoms with E-state index in [1.165, 1.54) is 0 Å². The molecule has 0 unspecified atom stereocenters. The predicted octanol–water partition coefficient (Wildman–Crippen LogP) is 5.25. The second-order valence-corrected chi connectivity index (χ2v) is 6.73. The smallest absolute Gasteiger partial charge is 0.249 e. The van der Waals surface area contributed by atoms with E-state index >= 15 is 0 Å². The molecule has 124 valence electrons. The Labute approximate surface area is 154 Å². The summed E-state index contributed by atoms with van der Waals surface area (Å²) in [6.07, 6.45) is 0. The van der Waals surface area contributed by atoms with Crippen LogP contribution in [0.25, 0.3) is 21.8 Å². The highest BCUT2D eigenvalue weighted by molar-refractivity contribution is 6.42. The van der Waals surface area contributed by atoms with E-state index in [0.29, 0.717) is 22.2 Å². The fraction of sp³-hybridized carbons (Fsp3) is 0.0500. The van der Waals surface area contributed by atoms with Gasteiger partial charge in [0.15, 0.2) is 0 Å². The van der Waals surface area contributed by atoms with Crippen LogP contribution in [-0.2, 0) is 6.54 Å². The highest BCUT2D eigenvalue weighted by Gasteiger charge is 2.16. The minimum absolute atomic E-state index is 0.428. The topological polar surface area (TPSA) is 48.0 Å². The molecule has 2 N–H and O–H groups in total. The third-order valence-electron chi connectivity index (χ3n) is 4.39. The first-order valence-corrected chi connectivity index (χ1v) is 8.55. The monoisotopic (exact) mass is 368 g/mol. The van der Waals surface area contributed by atoms with Crippen molar-refractivity contribution in [2.45, 2.75) is 6.54 Å². The molecule has 0 aliphatic rings. The van der Waals surface area contributed by atoms with Crippen molar-refractivity contribution in [2.24, 2.45) is 5.73 Å². The van der Waals surface area contributed by atoms with Gasteiger partial charge >= 0.3 is 0 Å². The van der Waals surface area contributed by atoms with Gasteiger partial charge in [0.05, 0.1) is 15.6 Å². The predicted molar refractivity (Wildman–Crippen MR) is 104 cm³/mol. The number of nitrogens with two attached hydrogens (primary N) is 1. The van der Waals surface area contributed by atoms with Gasteiger partial charge in [-0.05, 0) is 35.9 Å². The van der Waals surface area contributed by atoms with Crippen LogP contribution >= 0.6 is 23.2 Å². The molecule has 0 fully saturated rings. The van der Waals surface area contributed by atoms with Crippen molar-refractivity contribution in [3.63, 3.8) is 0 Å². The maximum atomic E-state index is 11.9. The number of primary amides is 1. The molecule has 4 aromatic rings. The second-order valence-electron chi connectivity index (χ2n) is 5.92. The Morgan fingerprint density at radius 1 is 0.920 bits per heavy atom. The zero-order valence-corrected chi connectivity index (χ0v) is 14.7. The molecule has 0 radical (unpaired) electrons. The lowest BCUT2D eigenvalue weighted by Crippen LogP contribution is -2.11. The molecule has 0 bridgehead atoms. The Bertz CT molecular complexity index is 1130. The standard InChI is InChI=1S/C20H14Cl2N2O/c21-15-9-8-12(10-16(15)22)11-24-17-6-2-1-4-13(17)19-14(20(23)25)5-3-7-18(19)24/h1-10H,11H2,(H2,23,25). The summed E-state index contributed by atoms with van der Waals surface area (Å²) in [5.41, 5.74) is 9.15. The SMILES string of the molecule is NC(=O)c1cccc2c1c1ccccc1n2Cc1ccc(Cl)c(Cl)c1. The molecule has 3 aromatic carbocycles. The van der Waals surface area contributed by atoms with Gasteiger partial charge in [0, 0.05) is 28.4 Å². The molecule has 1 heterocycles. The van der Waals surface area contributed by atoms with E-state index < -0.39 is 5.91 Å². The third kappa shape index (κ3) is 2.66. The minimum atomic E-state index is -0.428. The maximum Gasteiger partial charge on any atom is 0.249 e. The normalized spacial score (nSPS) is 11.3. The van der Waals surface area contributed by atoms with Crippen LogP contribution in [0.3, 0.4) is 0 Å². The molecule has 5 heteroatoms. The molecule has 0 spiro atoms. The number of carbonyl (C=O) groups excluding carboxylic acids is 1. The highest BCUT2D eigenvalue weighted by Crippen LogP contribution is 2.32. The lowest BCUT2D eigenvalue weighted by molar-refractivity contribution is 0.100. The van der Waals surface area contributed by atoms with Gasteiger partial charge in [0.25, 0.3) is 0 Å². The Morgan fingerprint density at radius 2 is 1.68 bits per heavy atom. The van der Waals surface area contributed by atoms with Crippen molar-refractivity contribution < 1.29 is 4.79 Å². The average molecular weight is 369 g/mol. The van der Waals surface area contributed by atoms with Crippen molar-refractivity contribution in [1.82, 2.24) is 4.57 Å². The number of halogens is 2. The van der Waals surface area contributed by atoms with Gasteiger partial charge in [-0.2, -0.15) is 0 Å². The molecule has 3 nitrogen and oxygen atoms in total. The summed E-state index contributed by atoms with van der Waals surface area (Å²) in [5.74, 6) is -0.428. The van der Waals surface area contributed by atoms with Gasteiger partial charge in [0.2, 0.25) is 5.91 Å². The van der Waals surface area contributed by atoms with Crippen LogP contribution in [0.2, 0.25) is 10.0 Å². The van der Waals surface area contributed by atoms with E-state index in [-0.39, 0.29) is 0 Å². The number of para-hydroxylation sites is 1. The molecule has 0 aliphatic heterocycles. The van der Waals surface area contributed by atoms with Gasteiger partial charge in [-0.3, -0.25) is 4.79 Å². The number of aromatic nitrogens is 1. The van der Waals surface area contributed by atoms with Gasteiger partial charge in [-0.15, -0.1) is 0 Å². The molecular weight excluding hydrogens is 355 g/mol. The van der Waals surface area contributed by atoms with Crippen molar-refractivity contribution in [2.75, 3.05) is 0 Å². The number of hydrogen-bond donors (Lipinski definition) is 1. The Kier molecular flexibility index (Phi) is 3.91. The summed E-state index contributed by atoms with van der Waals surface area (Å²) in [5, 5.41) is 2.94. The zero-order valence-electron chi connectivity index (χ0n) is 13.2. The third-order valence-corrected chi connectivity index (χ3v) is 5.13. The van der Waals surface area contributed by atoms with Crippen molar-refractivity contribution >= 4 is 50.9 Å². The van der Waals surface area contributed by atoms with Crippen molar-refractivity contribution in [3.05, 3.63) is 81.8 Å². The van der Waals surface area contributed by atoms with E-state index in [4.69, 9.17) is 28.9 Å². The van der Waals surface area contributed by atoms with E-state index in [9.17, 15) is 4.79 Å². The van der Waals surface area contributed by atoms with E-state index in [2.05, 4.69) is 4.57 Å². The summed E-state index contributed by atoms with van der Waals surface area (Å²) >= 11 is 12.2. The van der Waals surface area contributed by atoms with Crippen molar-refractivity contribution in [3.8, 4) is 0 Å². The number of amides is 1. The van der Waals surface area contributed by atoms with Crippen LogP contribution in [-0.4, -0.2) is 10.5 Å². The first-order valence-electron chi connectivity index (χ1n) is 7.80. The van der Waals surface area contributed by atoms with Gasteiger partial charge in [-0.1, -0.05) is 53.5 Å². The Hall–Kier alpha value is -2.49. The quantitative estimate of drug-likeness (QED) is 0.527. The van der Waals surface area contributed by atoms with Crippen LogP contribution in [0.4, 0.5) is 0 Å². The van der Waals surface area contributed by atoms with Crippen molar-refractivity contribution in [1.29, 1.82) is 0 Å². The lowest BCUT2D eigenvalue weighted by Gasteiger charge is -2.09. The number of hydrogen-bond acceptors (Lipinski definition) is 1. The maximum absolute atomic E-state index is 11.9. The van der Waals surface area contributed by atoms with Crippen LogP contribution < -0.4 is 5.73 Å². The first-order chi connectivity index (χ1) is 12.1. The number of carbonyl (C=O) groups is 1. The molecule has 25 heavy (non-hydrogen) atoms. The largest absolute Gasteiger partial charge is 0.366 e. The van der Waals surface area contributed by atoms with Crippen LogP contribution in [0.1, 0.15) is 15.9 Å². The summed E-state index contributed by atoms with van der Waals surface area (Å²) in [7, 11) is 0. The highest BCUT2D eigenvalue weighted by atomic mass is 35.5. The number of rotatable bonds is 3. The molecule has 4 rings (SSSR count). The minimum Gasteiger partial charge on any atom is -0.366 e. The van der Waals surface area contributed by atoms with Crippen LogP contribution in [0.5, 0.6) is 0 Å². The summed E-state index contributed by atoms with van der Waals surface area (Å²) < 4.78 is 2.16. The van der Waals surface area contributed by atoms with Crippen LogP contribution in [0.15, 0.2) is 60.7 Å².